The molecule has 1 saturated carbocycles. The summed E-state index contributed by atoms with van der Waals surface area (Å²) in [7, 11) is 2.18. The van der Waals surface area contributed by atoms with Crippen LogP contribution in [0.5, 0.6) is 0 Å². The number of rotatable bonds is 4. The number of nitrogens with two attached hydrogens (primary N) is 1. The third-order valence-corrected chi connectivity index (χ3v) is 4.36. The van der Waals surface area contributed by atoms with Gasteiger partial charge in [-0.05, 0) is 56.3 Å². The Balaban J connectivity index is 1.97. The molecule has 1 aliphatic rings. The topological polar surface area (TPSA) is 58.4 Å². The van der Waals surface area contributed by atoms with Crippen molar-refractivity contribution in [2.75, 3.05) is 7.05 Å². The number of nitrogens with zero attached hydrogens (tertiary/aromatic N) is 1. The molecule has 3 N–H and O–H groups in total. The van der Waals surface area contributed by atoms with Crippen molar-refractivity contribution in [2.24, 2.45) is 11.8 Å². The fourth-order valence-electron chi connectivity index (χ4n) is 2.99. The molecular formula is C16H25N3O. The molecule has 0 atom stereocenters. The Morgan fingerprint density at radius 2 is 2.05 bits per heavy atom. The largest absolute Gasteiger partial charge is 0.299 e. The highest BCUT2D eigenvalue weighted by atomic mass is 16.2. The third-order valence-electron chi connectivity index (χ3n) is 4.36. The highest BCUT2D eigenvalue weighted by Gasteiger charge is 2.21. The number of nitrogens with one attached hydrogen (secondary N) is 1. The second-order valence-electron chi connectivity index (χ2n) is 6.00. The van der Waals surface area contributed by atoms with Gasteiger partial charge >= 0.3 is 0 Å². The molecule has 1 fully saturated rings. The second-order valence-corrected chi connectivity index (χ2v) is 6.00. The zero-order chi connectivity index (χ0) is 14.5. The molecule has 110 valence electrons. The Morgan fingerprint density at radius 1 is 1.35 bits per heavy atom. The van der Waals surface area contributed by atoms with Gasteiger partial charge in [-0.2, -0.15) is 0 Å². The molecule has 1 aromatic carbocycles. The highest BCUT2D eigenvalue weighted by Crippen LogP contribution is 2.27. The summed E-state index contributed by atoms with van der Waals surface area (Å²) in [4.78, 5) is 13.9. The zero-order valence-corrected chi connectivity index (χ0v) is 12.4. The van der Waals surface area contributed by atoms with Crippen molar-refractivity contribution >= 4 is 5.91 Å². The predicted molar refractivity (Wildman–Crippen MR) is 81.0 cm³/mol. The van der Waals surface area contributed by atoms with E-state index in [2.05, 4.69) is 30.4 Å². The van der Waals surface area contributed by atoms with E-state index in [4.69, 9.17) is 5.84 Å². The molecule has 1 aromatic rings. The summed E-state index contributed by atoms with van der Waals surface area (Å²) in [6.07, 6.45) is 5.20. The first kappa shape index (κ1) is 15.0. The Kier molecular flexibility index (Phi) is 5.15. The van der Waals surface area contributed by atoms with Gasteiger partial charge in [-0.1, -0.05) is 19.1 Å². The minimum Gasteiger partial charge on any atom is -0.299 e. The van der Waals surface area contributed by atoms with Crippen LogP contribution in [0.25, 0.3) is 0 Å². The van der Waals surface area contributed by atoms with Gasteiger partial charge in [0.05, 0.1) is 0 Å². The molecule has 4 heteroatoms. The van der Waals surface area contributed by atoms with Crippen LogP contribution >= 0.6 is 0 Å². The molecule has 0 aliphatic heterocycles. The number of carbonyl (C=O) groups is 1. The quantitative estimate of drug-likeness (QED) is 0.503. The van der Waals surface area contributed by atoms with Crippen LogP contribution in [0.1, 0.15) is 48.5 Å². The maximum Gasteiger partial charge on any atom is 0.265 e. The van der Waals surface area contributed by atoms with Crippen molar-refractivity contribution in [1.29, 1.82) is 0 Å². The van der Waals surface area contributed by atoms with Crippen molar-refractivity contribution in [3.63, 3.8) is 0 Å². The van der Waals surface area contributed by atoms with Crippen molar-refractivity contribution in [1.82, 2.24) is 10.3 Å². The molecule has 0 spiro atoms. The Labute approximate surface area is 121 Å². The maximum atomic E-state index is 11.5. The van der Waals surface area contributed by atoms with E-state index in [-0.39, 0.29) is 5.91 Å². The SMILES string of the molecule is CC1CCC(N(C)Cc2cccc(C(=O)NN)c2)CC1. The average Bonchev–Trinajstić information content (AvgIpc) is 2.47. The molecule has 0 radical (unpaired) electrons. The van der Waals surface area contributed by atoms with Crippen LogP contribution < -0.4 is 11.3 Å². The molecule has 0 heterocycles. The molecule has 0 bridgehead atoms. The third kappa shape index (κ3) is 3.81. The van der Waals surface area contributed by atoms with Gasteiger partial charge in [-0.15, -0.1) is 0 Å². The Morgan fingerprint density at radius 3 is 2.70 bits per heavy atom. The van der Waals surface area contributed by atoms with Crippen molar-refractivity contribution in [2.45, 2.75) is 45.2 Å². The summed E-state index contributed by atoms with van der Waals surface area (Å²) < 4.78 is 0. The van der Waals surface area contributed by atoms with E-state index in [1.54, 1.807) is 6.07 Å². The molecule has 2 rings (SSSR count). The highest BCUT2D eigenvalue weighted by molar-refractivity contribution is 5.93. The number of amides is 1. The average molecular weight is 275 g/mol. The number of nitrogen functional groups attached to an aromatic ring is 1. The zero-order valence-electron chi connectivity index (χ0n) is 12.4. The van der Waals surface area contributed by atoms with Crippen LogP contribution in [-0.2, 0) is 6.54 Å². The first-order chi connectivity index (χ1) is 9.60. The molecule has 0 saturated heterocycles. The molecule has 1 amide bonds. The summed E-state index contributed by atoms with van der Waals surface area (Å²) in [5.41, 5.74) is 3.96. The molecule has 0 aromatic heterocycles. The lowest BCUT2D eigenvalue weighted by Crippen LogP contribution is -2.34. The van der Waals surface area contributed by atoms with E-state index >= 15 is 0 Å². The fraction of sp³-hybridized carbons (Fsp3) is 0.562. The van der Waals surface area contributed by atoms with Crippen LogP contribution in [0.3, 0.4) is 0 Å². The maximum absolute atomic E-state index is 11.5. The monoisotopic (exact) mass is 275 g/mol. The van der Waals surface area contributed by atoms with Gasteiger partial charge in [-0.3, -0.25) is 15.1 Å². The number of benzene rings is 1. The van der Waals surface area contributed by atoms with Crippen molar-refractivity contribution in [3.8, 4) is 0 Å². The summed E-state index contributed by atoms with van der Waals surface area (Å²) >= 11 is 0. The van der Waals surface area contributed by atoms with Gasteiger partial charge in [-0.25, -0.2) is 5.84 Å². The Bertz CT molecular complexity index is 453. The smallest absolute Gasteiger partial charge is 0.265 e. The number of carbonyl (C=O) groups excluding carboxylic acids is 1. The molecule has 4 nitrogen and oxygen atoms in total. The van der Waals surface area contributed by atoms with Crippen LogP contribution in [-0.4, -0.2) is 23.9 Å². The standard InChI is InChI=1S/C16H25N3O/c1-12-6-8-15(9-7-12)19(2)11-13-4-3-5-14(10-13)16(20)18-17/h3-5,10,12,15H,6-9,11,17H2,1-2H3,(H,18,20). The molecule has 1 aliphatic carbocycles. The van der Waals surface area contributed by atoms with Gasteiger partial charge in [0.15, 0.2) is 0 Å². The summed E-state index contributed by atoms with van der Waals surface area (Å²) in [5, 5.41) is 0. The van der Waals surface area contributed by atoms with E-state index in [0.717, 1.165) is 18.0 Å². The van der Waals surface area contributed by atoms with Gasteiger partial charge in [0.25, 0.3) is 5.91 Å². The fourth-order valence-corrected chi connectivity index (χ4v) is 2.99. The lowest BCUT2D eigenvalue weighted by molar-refractivity contribution is 0.0953. The molecule has 20 heavy (non-hydrogen) atoms. The predicted octanol–water partition coefficient (Wildman–Crippen LogP) is 2.30. The Hall–Kier alpha value is -1.39. The van der Waals surface area contributed by atoms with Crippen LogP contribution in [0.15, 0.2) is 24.3 Å². The van der Waals surface area contributed by atoms with Gasteiger partial charge in [0.2, 0.25) is 0 Å². The van der Waals surface area contributed by atoms with Crippen LogP contribution in [0, 0.1) is 5.92 Å². The minimum atomic E-state index is -0.235. The van der Waals surface area contributed by atoms with Crippen LogP contribution in [0.2, 0.25) is 0 Å². The molecular weight excluding hydrogens is 250 g/mol. The number of hydrogen-bond acceptors (Lipinski definition) is 3. The summed E-state index contributed by atoms with van der Waals surface area (Å²) in [5.74, 6) is 5.81. The van der Waals surface area contributed by atoms with Gasteiger partial charge < -0.3 is 0 Å². The lowest BCUT2D eigenvalue weighted by Gasteiger charge is -2.33. The van der Waals surface area contributed by atoms with E-state index in [1.807, 2.05) is 12.1 Å². The molecule has 0 unspecified atom stereocenters. The first-order valence-electron chi connectivity index (χ1n) is 7.40. The van der Waals surface area contributed by atoms with Crippen molar-refractivity contribution in [3.05, 3.63) is 35.4 Å². The van der Waals surface area contributed by atoms with E-state index in [1.165, 1.54) is 25.7 Å². The van der Waals surface area contributed by atoms with Crippen LogP contribution in [0.4, 0.5) is 0 Å². The number of hydrazine groups is 1. The van der Waals surface area contributed by atoms with Gasteiger partial charge in [0, 0.05) is 18.2 Å². The van der Waals surface area contributed by atoms with E-state index < -0.39 is 0 Å². The van der Waals surface area contributed by atoms with E-state index in [9.17, 15) is 4.79 Å². The van der Waals surface area contributed by atoms with Crippen molar-refractivity contribution < 1.29 is 4.79 Å². The summed E-state index contributed by atoms with van der Waals surface area (Å²) in [6, 6.07) is 8.35. The first-order valence-corrected chi connectivity index (χ1v) is 7.40. The summed E-state index contributed by atoms with van der Waals surface area (Å²) in [6.45, 7) is 3.22. The number of hydrogen-bond donors (Lipinski definition) is 2. The minimum absolute atomic E-state index is 0.235. The normalized spacial score (nSPS) is 22.8. The van der Waals surface area contributed by atoms with E-state index in [0.29, 0.717) is 11.6 Å². The lowest BCUT2D eigenvalue weighted by atomic mass is 9.86. The van der Waals surface area contributed by atoms with Gasteiger partial charge in [0.1, 0.15) is 0 Å². The second kappa shape index (κ2) is 6.86.